The Morgan fingerprint density at radius 2 is 1.87 bits per heavy atom. The van der Waals surface area contributed by atoms with E-state index in [4.69, 9.17) is 0 Å². The van der Waals surface area contributed by atoms with E-state index in [9.17, 15) is 22.8 Å². The molecule has 3 aromatic rings. The number of benzene rings is 1. The summed E-state index contributed by atoms with van der Waals surface area (Å²) in [6.07, 6.45) is 2.35. The van der Waals surface area contributed by atoms with Crippen LogP contribution in [-0.2, 0) is 4.74 Å². The molecule has 3 heterocycles. The lowest BCUT2D eigenvalue weighted by molar-refractivity contribution is -0.0494. The van der Waals surface area contributed by atoms with Crippen LogP contribution in [0.3, 0.4) is 0 Å². The van der Waals surface area contributed by atoms with Crippen LogP contribution in [0.5, 0.6) is 0 Å². The van der Waals surface area contributed by atoms with Crippen molar-refractivity contribution in [1.82, 2.24) is 14.5 Å². The van der Waals surface area contributed by atoms with E-state index in [1.165, 1.54) is 30.3 Å². The van der Waals surface area contributed by atoms with E-state index in [-0.39, 0.29) is 37.4 Å². The average Bonchev–Trinajstić information content (AvgIpc) is 3.16. The molecule has 1 aliphatic heterocycles. The molecule has 156 valence electrons. The van der Waals surface area contributed by atoms with Crippen LogP contribution in [0, 0.1) is 5.82 Å². The Morgan fingerprint density at radius 1 is 1.13 bits per heavy atom. The quantitative estimate of drug-likeness (QED) is 0.608. The second-order valence-corrected chi connectivity index (χ2v) is 7.13. The van der Waals surface area contributed by atoms with Crippen LogP contribution < -0.4 is 0 Å². The molecule has 0 radical (unpaired) electrons. The Morgan fingerprint density at radius 3 is 2.53 bits per heavy atom. The van der Waals surface area contributed by atoms with Gasteiger partial charge >= 0.3 is 5.97 Å². The maximum atomic E-state index is 14.3. The lowest BCUT2D eigenvalue weighted by Crippen LogP contribution is -2.42. The summed E-state index contributed by atoms with van der Waals surface area (Å²) in [5.74, 6) is -4.57. The largest absolute Gasteiger partial charge is 0.465 e. The van der Waals surface area contributed by atoms with E-state index in [1.807, 2.05) is 0 Å². The number of esters is 1. The molecule has 0 aliphatic carbocycles. The molecule has 1 fully saturated rings. The van der Waals surface area contributed by atoms with Gasteiger partial charge in [-0.05, 0) is 30.3 Å². The second kappa shape index (κ2) is 7.47. The molecule has 0 spiro atoms. The number of hydrogen-bond acceptors (Lipinski definition) is 4. The number of aromatic nitrogens is 2. The molecule has 4 rings (SSSR count). The number of amides is 1. The fourth-order valence-electron chi connectivity index (χ4n) is 3.50. The summed E-state index contributed by atoms with van der Waals surface area (Å²) in [5, 5.41) is 0.639. The monoisotopic (exact) mass is 417 g/mol. The smallest absolute Gasteiger partial charge is 0.340 e. The summed E-state index contributed by atoms with van der Waals surface area (Å²) in [4.78, 5) is 29.9. The van der Waals surface area contributed by atoms with Gasteiger partial charge < -0.3 is 14.2 Å². The van der Waals surface area contributed by atoms with Gasteiger partial charge in [-0.15, -0.1) is 0 Å². The summed E-state index contributed by atoms with van der Waals surface area (Å²) in [5.41, 5.74) is 1.06. The number of nitrogens with zero attached hydrogens (tertiary/aromatic N) is 3. The maximum Gasteiger partial charge on any atom is 0.340 e. The van der Waals surface area contributed by atoms with Crippen molar-refractivity contribution in [3.8, 4) is 5.69 Å². The number of carbonyl (C=O) groups is 2. The molecule has 1 amide bonds. The number of alkyl halides is 2. The van der Waals surface area contributed by atoms with Gasteiger partial charge in [0.2, 0.25) is 0 Å². The van der Waals surface area contributed by atoms with Gasteiger partial charge in [0, 0.05) is 49.4 Å². The highest BCUT2D eigenvalue weighted by Crippen LogP contribution is 2.29. The zero-order chi connectivity index (χ0) is 21.5. The third kappa shape index (κ3) is 3.62. The minimum atomic E-state index is -2.73. The first kappa shape index (κ1) is 19.9. The standard InChI is InChI=1S/C21H18F3N3O3/c1-30-20(29)16-3-2-15(11-17(16)22)27-7-4-13-10-14(12-25-18(13)27)19(28)26-8-5-21(23,24)6-9-26/h2-4,7,10-12H,5-6,8-9H2,1H3. The van der Waals surface area contributed by atoms with Crippen LogP contribution >= 0.6 is 0 Å². The van der Waals surface area contributed by atoms with Crippen LogP contribution in [0.2, 0.25) is 0 Å². The molecule has 1 aliphatic rings. The van der Waals surface area contributed by atoms with Crippen LogP contribution in [-0.4, -0.2) is 52.4 Å². The van der Waals surface area contributed by atoms with Gasteiger partial charge in [-0.1, -0.05) is 0 Å². The van der Waals surface area contributed by atoms with Gasteiger partial charge in [0.1, 0.15) is 11.5 Å². The lowest BCUT2D eigenvalue weighted by Gasteiger charge is -2.31. The fourth-order valence-corrected chi connectivity index (χ4v) is 3.50. The first-order valence-corrected chi connectivity index (χ1v) is 9.31. The maximum absolute atomic E-state index is 14.3. The highest BCUT2D eigenvalue weighted by atomic mass is 19.3. The van der Waals surface area contributed by atoms with Crippen molar-refractivity contribution in [1.29, 1.82) is 0 Å². The molecular weight excluding hydrogens is 399 g/mol. The van der Waals surface area contributed by atoms with Crippen molar-refractivity contribution < 1.29 is 27.5 Å². The van der Waals surface area contributed by atoms with E-state index in [1.54, 1.807) is 29.0 Å². The number of methoxy groups -OCH3 is 1. The number of piperidine rings is 1. The first-order valence-electron chi connectivity index (χ1n) is 9.31. The minimum Gasteiger partial charge on any atom is -0.465 e. The van der Waals surface area contributed by atoms with Crippen LogP contribution in [0.1, 0.15) is 33.6 Å². The summed E-state index contributed by atoms with van der Waals surface area (Å²) < 4.78 is 47.1. The summed E-state index contributed by atoms with van der Waals surface area (Å²) in [6.45, 7) is -0.00654. The number of pyridine rings is 1. The topological polar surface area (TPSA) is 64.4 Å². The van der Waals surface area contributed by atoms with E-state index in [0.717, 1.165) is 0 Å². The minimum absolute atomic E-state index is 0.00327. The zero-order valence-corrected chi connectivity index (χ0v) is 16.1. The Labute approximate surface area is 169 Å². The molecule has 6 nitrogen and oxygen atoms in total. The predicted molar refractivity (Wildman–Crippen MR) is 102 cm³/mol. The van der Waals surface area contributed by atoms with Crippen molar-refractivity contribution in [3.63, 3.8) is 0 Å². The normalized spacial score (nSPS) is 15.9. The van der Waals surface area contributed by atoms with E-state index >= 15 is 0 Å². The van der Waals surface area contributed by atoms with Crippen molar-refractivity contribution in [2.45, 2.75) is 18.8 Å². The van der Waals surface area contributed by atoms with Crippen LogP contribution in [0.4, 0.5) is 13.2 Å². The molecule has 0 bridgehead atoms. The summed E-state index contributed by atoms with van der Waals surface area (Å²) in [7, 11) is 1.17. The summed E-state index contributed by atoms with van der Waals surface area (Å²) >= 11 is 0. The van der Waals surface area contributed by atoms with Crippen molar-refractivity contribution in [2.24, 2.45) is 0 Å². The lowest BCUT2D eigenvalue weighted by atomic mass is 10.1. The molecule has 2 aromatic heterocycles. The van der Waals surface area contributed by atoms with Gasteiger partial charge in [-0.3, -0.25) is 4.79 Å². The Hall–Kier alpha value is -3.36. The SMILES string of the molecule is COC(=O)c1ccc(-n2ccc3cc(C(=O)N4CCC(F)(F)CC4)cnc32)cc1F. The number of ether oxygens (including phenoxy) is 1. The fraction of sp³-hybridized carbons (Fsp3) is 0.286. The average molecular weight is 417 g/mol. The Balaban J connectivity index is 1.61. The Bertz CT molecular complexity index is 1130. The molecule has 9 heteroatoms. The molecule has 0 atom stereocenters. The molecule has 0 N–H and O–H groups in total. The van der Waals surface area contributed by atoms with E-state index in [0.29, 0.717) is 22.3 Å². The third-order valence-corrected chi connectivity index (χ3v) is 5.19. The molecular formula is C21H18F3N3O3. The molecule has 0 saturated carbocycles. The van der Waals surface area contributed by atoms with Gasteiger partial charge in [-0.2, -0.15) is 0 Å². The van der Waals surface area contributed by atoms with Gasteiger partial charge in [0.25, 0.3) is 11.8 Å². The van der Waals surface area contributed by atoms with Crippen molar-refractivity contribution in [3.05, 3.63) is 59.7 Å². The van der Waals surface area contributed by atoms with Gasteiger partial charge in [0.15, 0.2) is 0 Å². The molecule has 0 unspecified atom stereocenters. The van der Waals surface area contributed by atoms with Gasteiger partial charge in [0.05, 0.1) is 18.2 Å². The highest BCUT2D eigenvalue weighted by Gasteiger charge is 2.35. The number of rotatable bonds is 3. The van der Waals surface area contributed by atoms with Crippen molar-refractivity contribution >= 4 is 22.9 Å². The number of likely N-dealkylation sites (tertiary alicyclic amines) is 1. The van der Waals surface area contributed by atoms with E-state index < -0.39 is 17.7 Å². The number of fused-ring (bicyclic) bond motifs is 1. The predicted octanol–water partition coefficient (Wildman–Crippen LogP) is 3.82. The molecule has 1 saturated heterocycles. The Kier molecular flexibility index (Phi) is 4.97. The number of carbonyl (C=O) groups excluding carboxylic acids is 2. The highest BCUT2D eigenvalue weighted by molar-refractivity contribution is 5.97. The molecule has 30 heavy (non-hydrogen) atoms. The third-order valence-electron chi connectivity index (χ3n) is 5.19. The van der Waals surface area contributed by atoms with Crippen LogP contribution in [0.15, 0.2) is 42.7 Å². The number of hydrogen-bond donors (Lipinski definition) is 0. The molecule has 1 aromatic carbocycles. The first-order chi connectivity index (χ1) is 14.3. The van der Waals surface area contributed by atoms with Crippen LogP contribution in [0.25, 0.3) is 16.7 Å². The van der Waals surface area contributed by atoms with Crippen molar-refractivity contribution in [2.75, 3.05) is 20.2 Å². The second-order valence-electron chi connectivity index (χ2n) is 7.13. The zero-order valence-electron chi connectivity index (χ0n) is 16.1. The van der Waals surface area contributed by atoms with Gasteiger partial charge in [-0.25, -0.2) is 22.9 Å². The number of halogens is 3. The summed E-state index contributed by atoms with van der Waals surface area (Å²) in [6, 6.07) is 7.43. The van der Waals surface area contributed by atoms with E-state index in [2.05, 4.69) is 9.72 Å².